The summed E-state index contributed by atoms with van der Waals surface area (Å²) >= 11 is 6.03. The van der Waals surface area contributed by atoms with Gasteiger partial charge in [0.05, 0.1) is 12.1 Å². The van der Waals surface area contributed by atoms with Crippen molar-refractivity contribution >= 4 is 23.5 Å². The van der Waals surface area contributed by atoms with Crippen LogP contribution in [0.5, 0.6) is 11.5 Å². The van der Waals surface area contributed by atoms with Crippen molar-refractivity contribution in [3.8, 4) is 11.5 Å². The highest BCUT2D eigenvalue weighted by atomic mass is 35.5. The van der Waals surface area contributed by atoms with E-state index in [1.807, 2.05) is 0 Å². The minimum Gasteiger partial charge on any atom is -0.495 e. The van der Waals surface area contributed by atoms with E-state index in [0.29, 0.717) is 5.75 Å². The largest absolute Gasteiger partial charge is 0.495 e. The SMILES string of the molecule is CCC(Oc1ccccc1F)C(=O)NC(C(=O)O)c1ccc(OC)c(Cl)c1. The van der Waals surface area contributed by atoms with Crippen LogP contribution < -0.4 is 14.8 Å². The lowest BCUT2D eigenvalue weighted by atomic mass is 10.1. The smallest absolute Gasteiger partial charge is 0.330 e. The van der Waals surface area contributed by atoms with Crippen molar-refractivity contribution in [2.45, 2.75) is 25.5 Å². The fraction of sp³-hybridized carbons (Fsp3) is 0.263. The van der Waals surface area contributed by atoms with Crippen molar-refractivity contribution in [1.29, 1.82) is 0 Å². The number of methoxy groups -OCH3 is 1. The van der Waals surface area contributed by atoms with E-state index in [9.17, 15) is 19.1 Å². The molecular weight excluding hydrogens is 377 g/mol. The number of benzene rings is 2. The number of carbonyl (C=O) groups is 2. The minimum absolute atomic E-state index is 0.0844. The molecule has 0 aliphatic carbocycles. The third kappa shape index (κ3) is 5.10. The molecule has 144 valence electrons. The molecule has 27 heavy (non-hydrogen) atoms. The highest BCUT2D eigenvalue weighted by molar-refractivity contribution is 6.32. The molecule has 0 spiro atoms. The topological polar surface area (TPSA) is 84.9 Å². The quantitative estimate of drug-likeness (QED) is 0.713. The molecule has 2 N–H and O–H groups in total. The highest BCUT2D eigenvalue weighted by Gasteiger charge is 2.28. The summed E-state index contributed by atoms with van der Waals surface area (Å²) in [5.41, 5.74) is 0.266. The van der Waals surface area contributed by atoms with Gasteiger partial charge in [0, 0.05) is 0 Å². The molecule has 2 atom stereocenters. The van der Waals surface area contributed by atoms with E-state index in [0.717, 1.165) is 0 Å². The summed E-state index contributed by atoms with van der Waals surface area (Å²) in [6.07, 6.45) is -0.840. The molecule has 2 aromatic carbocycles. The zero-order valence-corrected chi connectivity index (χ0v) is 15.5. The van der Waals surface area contributed by atoms with E-state index in [1.165, 1.54) is 43.5 Å². The van der Waals surface area contributed by atoms with Crippen LogP contribution in [0.3, 0.4) is 0 Å². The molecule has 0 fully saturated rings. The second-order valence-corrected chi connectivity index (χ2v) is 6.03. The first kappa shape index (κ1) is 20.5. The number of para-hydroxylation sites is 1. The Kier molecular flexibility index (Phi) is 7.01. The second-order valence-electron chi connectivity index (χ2n) is 5.62. The van der Waals surface area contributed by atoms with E-state index >= 15 is 0 Å². The first-order valence-electron chi connectivity index (χ1n) is 8.15. The summed E-state index contributed by atoms with van der Waals surface area (Å²) in [7, 11) is 1.43. The maximum absolute atomic E-state index is 13.7. The number of halogens is 2. The Bertz CT molecular complexity index is 829. The average Bonchev–Trinajstić information content (AvgIpc) is 2.65. The van der Waals surface area contributed by atoms with Crippen LogP contribution in [-0.2, 0) is 9.59 Å². The molecular formula is C19H19ClFNO5. The first-order valence-corrected chi connectivity index (χ1v) is 8.53. The van der Waals surface area contributed by atoms with Gasteiger partial charge in [-0.05, 0) is 36.2 Å². The summed E-state index contributed by atoms with van der Waals surface area (Å²) in [6.45, 7) is 1.67. The number of amides is 1. The molecule has 0 heterocycles. The number of carbonyl (C=O) groups excluding carboxylic acids is 1. The van der Waals surface area contributed by atoms with Gasteiger partial charge in [-0.3, -0.25) is 4.79 Å². The summed E-state index contributed by atoms with van der Waals surface area (Å²) in [4.78, 5) is 24.1. The van der Waals surface area contributed by atoms with Crippen molar-refractivity contribution in [2.24, 2.45) is 0 Å². The Morgan fingerprint density at radius 1 is 1.22 bits per heavy atom. The summed E-state index contributed by atoms with van der Waals surface area (Å²) in [6, 6.07) is 8.72. The molecule has 0 saturated carbocycles. The van der Waals surface area contributed by atoms with Crippen molar-refractivity contribution in [3.63, 3.8) is 0 Å². The van der Waals surface area contributed by atoms with Gasteiger partial charge in [0.25, 0.3) is 5.91 Å². The first-order chi connectivity index (χ1) is 12.9. The van der Waals surface area contributed by atoms with E-state index < -0.39 is 29.8 Å². The standard InChI is InChI=1S/C19H19ClFNO5/c1-3-14(27-16-7-5-4-6-13(16)21)18(23)22-17(19(24)25)11-8-9-15(26-2)12(20)10-11/h4-10,14,17H,3H2,1-2H3,(H,22,23)(H,24,25). The van der Waals surface area contributed by atoms with Crippen molar-refractivity contribution in [1.82, 2.24) is 5.32 Å². The van der Waals surface area contributed by atoms with Crippen LogP contribution in [0.25, 0.3) is 0 Å². The molecule has 0 bridgehead atoms. The normalized spacial score (nSPS) is 12.7. The number of carboxylic acids is 1. The zero-order valence-electron chi connectivity index (χ0n) is 14.7. The van der Waals surface area contributed by atoms with Gasteiger partial charge in [0.15, 0.2) is 23.7 Å². The van der Waals surface area contributed by atoms with Gasteiger partial charge in [-0.2, -0.15) is 0 Å². The third-order valence-electron chi connectivity index (χ3n) is 3.81. The van der Waals surface area contributed by atoms with Crippen LogP contribution in [0.15, 0.2) is 42.5 Å². The van der Waals surface area contributed by atoms with Crippen molar-refractivity contribution < 1.29 is 28.6 Å². The van der Waals surface area contributed by atoms with Gasteiger partial charge in [0.1, 0.15) is 5.75 Å². The van der Waals surface area contributed by atoms with Gasteiger partial charge in [0.2, 0.25) is 0 Å². The Labute approximate surface area is 160 Å². The van der Waals surface area contributed by atoms with Gasteiger partial charge in [-0.25, -0.2) is 9.18 Å². The number of hydrogen-bond acceptors (Lipinski definition) is 4. The minimum atomic E-state index is -1.35. The molecule has 0 saturated heterocycles. The van der Waals surface area contributed by atoms with Crippen LogP contribution in [0.1, 0.15) is 24.9 Å². The molecule has 2 aromatic rings. The Hall–Kier alpha value is -2.80. The number of carboxylic acid groups (broad SMARTS) is 1. The van der Waals surface area contributed by atoms with Crippen LogP contribution >= 0.6 is 11.6 Å². The third-order valence-corrected chi connectivity index (χ3v) is 4.11. The Balaban J connectivity index is 2.19. The number of hydrogen-bond donors (Lipinski definition) is 2. The summed E-state index contributed by atoms with van der Waals surface area (Å²) in [5.74, 6) is -2.27. The lowest BCUT2D eigenvalue weighted by Crippen LogP contribution is -2.42. The summed E-state index contributed by atoms with van der Waals surface area (Å²) in [5, 5.41) is 12.1. The molecule has 0 aromatic heterocycles. The van der Waals surface area contributed by atoms with E-state index in [-0.39, 0.29) is 22.8 Å². The predicted molar refractivity (Wildman–Crippen MR) is 97.6 cm³/mol. The van der Waals surface area contributed by atoms with Crippen LogP contribution in [-0.4, -0.2) is 30.2 Å². The molecule has 0 aliphatic heterocycles. The molecule has 8 heteroatoms. The number of ether oxygens (including phenoxy) is 2. The zero-order chi connectivity index (χ0) is 20.0. The van der Waals surface area contributed by atoms with Crippen molar-refractivity contribution in [2.75, 3.05) is 7.11 Å². The predicted octanol–water partition coefficient (Wildman–Crippen LogP) is 3.59. The van der Waals surface area contributed by atoms with E-state index in [2.05, 4.69) is 5.32 Å². The van der Waals surface area contributed by atoms with Crippen LogP contribution in [0, 0.1) is 5.82 Å². The van der Waals surface area contributed by atoms with Crippen LogP contribution in [0.4, 0.5) is 4.39 Å². The fourth-order valence-electron chi connectivity index (χ4n) is 2.40. The molecule has 2 rings (SSSR count). The monoisotopic (exact) mass is 395 g/mol. The average molecular weight is 396 g/mol. The maximum atomic E-state index is 13.7. The Morgan fingerprint density at radius 3 is 2.48 bits per heavy atom. The molecule has 0 aliphatic rings. The number of nitrogens with one attached hydrogen (secondary N) is 1. The number of rotatable bonds is 8. The highest BCUT2D eigenvalue weighted by Crippen LogP contribution is 2.28. The maximum Gasteiger partial charge on any atom is 0.330 e. The summed E-state index contributed by atoms with van der Waals surface area (Å²) < 4.78 is 24.2. The second kappa shape index (κ2) is 9.23. The van der Waals surface area contributed by atoms with Crippen molar-refractivity contribution in [3.05, 3.63) is 58.9 Å². The molecule has 0 radical (unpaired) electrons. The van der Waals surface area contributed by atoms with Crippen LogP contribution in [0.2, 0.25) is 5.02 Å². The molecule has 1 amide bonds. The van der Waals surface area contributed by atoms with E-state index in [4.69, 9.17) is 21.1 Å². The number of aliphatic carboxylic acids is 1. The van der Waals surface area contributed by atoms with Gasteiger partial charge in [-0.15, -0.1) is 0 Å². The lowest BCUT2D eigenvalue weighted by molar-refractivity contribution is -0.143. The Morgan fingerprint density at radius 2 is 1.93 bits per heavy atom. The lowest BCUT2D eigenvalue weighted by Gasteiger charge is -2.21. The van der Waals surface area contributed by atoms with Gasteiger partial charge >= 0.3 is 5.97 Å². The van der Waals surface area contributed by atoms with Gasteiger partial charge < -0.3 is 19.9 Å². The van der Waals surface area contributed by atoms with Gasteiger partial charge in [-0.1, -0.05) is 36.7 Å². The van der Waals surface area contributed by atoms with E-state index in [1.54, 1.807) is 13.0 Å². The molecule has 6 nitrogen and oxygen atoms in total. The fourth-order valence-corrected chi connectivity index (χ4v) is 2.67. The molecule has 2 unspecified atom stereocenters.